The van der Waals surface area contributed by atoms with Crippen molar-refractivity contribution in [2.75, 3.05) is 25.0 Å². The van der Waals surface area contributed by atoms with Gasteiger partial charge in [-0.1, -0.05) is 0 Å². The van der Waals surface area contributed by atoms with Crippen LogP contribution >= 0.6 is 0 Å². The van der Waals surface area contributed by atoms with E-state index in [1.54, 1.807) is 0 Å². The fourth-order valence-electron chi connectivity index (χ4n) is 1.84. The first-order valence-corrected chi connectivity index (χ1v) is 6.40. The molecule has 0 bridgehead atoms. The number of aryl methyl sites for hydroxylation is 2. The van der Waals surface area contributed by atoms with Gasteiger partial charge in [-0.05, 0) is 27.7 Å². The monoisotopic (exact) mass is 250 g/mol. The molecule has 0 aliphatic rings. The Balaban J connectivity index is 2.44. The van der Waals surface area contributed by atoms with Gasteiger partial charge in [0.2, 0.25) is 5.91 Å². The van der Waals surface area contributed by atoms with E-state index in [0.29, 0.717) is 13.0 Å². The van der Waals surface area contributed by atoms with Crippen LogP contribution in [0.3, 0.4) is 0 Å². The third kappa shape index (κ3) is 4.31. The maximum Gasteiger partial charge on any atom is 0.224 e. The molecule has 0 aromatic carbocycles. The topological polar surface area (TPSA) is 58.1 Å². The minimum absolute atomic E-state index is 0.176. The number of anilines is 1. The minimum Gasteiger partial charge on any atom is -0.369 e. The molecule has 0 saturated carbocycles. The van der Waals surface area contributed by atoms with Crippen LogP contribution in [0.1, 0.15) is 31.8 Å². The lowest BCUT2D eigenvalue weighted by molar-refractivity contribution is -0.130. The number of aromatic nitrogens is 2. The largest absolute Gasteiger partial charge is 0.369 e. The van der Waals surface area contributed by atoms with Gasteiger partial charge in [0.15, 0.2) is 0 Å². The Morgan fingerprint density at radius 2 is 1.94 bits per heavy atom. The molecule has 1 heterocycles. The van der Waals surface area contributed by atoms with E-state index in [2.05, 4.69) is 15.3 Å². The van der Waals surface area contributed by atoms with Gasteiger partial charge in [-0.25, -0.2) is 9.97 Å². The Kier molecular flexibility index (Phi) is 5.55. The zero-order chi connectivity index (χ0) is 13.5. The lowest BCUT2D eigenvalue weighted by atomic mass is 10.3. The summed E-state index contributed by atoms with van der Waals surface area (Å²) in [7, 11) is 0. The Morgan fingerprint density at radius 3 is 2.50 bits per heavy atom. The summed E-state index contributed by atoms with van der Waals surface area (Å²) in [5.41, 5.74) is 0.931. The molecule has 0 spiro atoms. The standard InChI is InChI=1S/C13H22N4O/c1-5-17(6-2)13(18)7-8-14-12-9-10(3)15-11(4)16-12/h9H,5-8H2,1-4H3,(H,14,15,16). The minimum atomic E-state index is 0.176. The first-order valence-electron chi connectivity index (χ1n) is 6.40. The smallest absolute Gasteiger partial charge is 0.224 e. The molecule has 0 fully saturated rings. The third-order valence-corrected chi connectivity index (χ3v) is 2.73. The second-order valence-electron chi connectivity index (χ2n) is 4.18. The SMILES string of the molecule is CCN(CC)C(=O)CCNc1cc(C)nc(C)n1. The van der Waals surface area contributed by atoms with Crippen LogP contribution in [0.25, 0.3) is 0 Å². The summed E-state index contributed by atoms with van der Waals surface area (Å²) in [5.74, 6) is 1.70. The van der Waals surface area contributed by atoms with Gasteiger partial charge in [-0.3, -0.25) is 4.79 Å². The van der Waals surface area contributed by atoms with Gasteiger partial charge in [0.05, 0.1) is 0 Å². The summed E-state index contributed by atoms with van der Waals surface area (Å²) >= 11 is 0. The average molecular weight is 250 g/mol. The molecule has 5 nitrogen and oxygen atoms in total. The average Bonchev–Trinajstić information content (AvgIpc) is 2.29. The molecule has 0 aliphatic carbocycles. The van der Waals surface area contributed by atoms with Crippen LogP contribution in [-0.2, 0) is 4.79 Å². The first kappa shape index (κ1) is 14.4. The molecule has 18 heavy (non-hydrogen) atoms. The normalized spacial score (nSPS) is 10.2. The molecule has 1 amide bonds. The molecule has 0 atom stereocenters. The Labute approximate surface area is 109 Å². The number of nitrogens with zero attached hydrogens (tertiary/aromatic N) is 3. The van der Waals surface area contributed by atoms with Crippen molar-refractivity contribution < 1.29 is 4.79 Å². The van der Waals surface area contributed by atoms with E-state index in [1.165, 1.54) is 0 Å². The van der Waals surface area contributed by atoms with E-state index in [0.717, 1.165) is 30.4 Å². The van der Waals surface area contributed by atoms with Crippen molar-refractivity contribution in [3.05, 3.63) is 17.6 Å². The molecule has 0 aliphatic heterocycles. The van der Waals surface area contributed by atoms with Gasteiger partial charge in [0.25, 0.3) is 0 Å². The van der Waals surface area contributed by atoms with Crippen molar-refractivity contribution >= 4 is 11.7 Å². The molecule has 0 saturated heterocycles. The van der Waals surface area contributed by atoms with Crippen LogP contribution in [0.2, 0.25) is 0 Å². The van der Waals surface area contributed by atoms with Crippen LogP contribution in [0.4, 0.5) is 5.82 Å². The maximum atomic E-state index is 11.8. The zero-order valence-electron chi connectivity index (χ0n) is 11.7. The Bertz CT molecular complexity index is 382. The van der Waals surface area contributed by atoms with Crippen molar-refractivity contribution in [2.24, 2.45) is 0 Å². The number of hydrogen-bond donors (Lipinski definition) is 1. The Morgan fingerprint density at radius 1 is 1.28 bits per heavy atom. The van der Waals surface area contributed by atoms with Crippen molar-refractivity contribution in [3.63, 3.8) is 0 Å². The highest BCUT2D eigenvalue weighted by Gasteiger charge is 2.08. The maximum absolute atomic E-state index is 11.8. The van der Waals surface area contributed by atoms with Gasteiger partial charge < -0.3 is 10.2 Å². The van der Waals surface area contributed by atoms with Crippen molar-refractivity contribution in [2.45, 2.75) is 34.1 Å². The molecule has 100 valence electrons. The summed E-state index contributed by atoms with van der Waals surface area (Å²) in [6.07, 6.45) is 0.490. The van der Waals surface area contributed by atoms with Crippen molar-refractivity contribution in [1.82, 2.24) is 14.9 Å². The van der Waals surface area contributed by atoms with Gasteiger partial charge in [-0.2, -0.15) is 0 Å². The van der Waals surface area contributed by atoms with E-state index in [9.17, 15) is 4.79 Å². The fourth-order valence-corrected chi connectivity index (χ4v) is 1.84. The number of hydrogen-bond acceptors (Lipinski definition) is 4. The number of carbonyl (C=O) groups excluding carboxylic acids is 1. The highest BCUT2D eigenvalue weighted by Crippen LogP contribution is 2.05. The summed E-state index contributed by atoms with van der Waals surface area (Å²) in [4.78, 5) is 22.1. The lowest BCUT2D eigenvalue weighted by Crippen LogP contribution is -2.31. The summed E-state index contributed by atoms with van der Waals surface area (Å²) in [5, 5.41) is 3.16. The molecule has 0 radical (unpaired) electrons. The molecule has 1 aromatic rings. The van der Waals surface area contributed by atoms with Crippen LogP contribution in [0, 0.1) is 13.8 Å². The molecule has 1 rings (SSSR count). The Hall–Kier alpha value is -1.65. The van der Waals surface area contributed by atoms with Gasteiger partial charge in [0, 0.05) is 37.8 Å². The number of rotatable bonds is 6. The molecule has 5 heteroatoms. The molecular weight excluding hydrogens is 228 g/mol. The third-order valence-electron chi connectivity index (χ3n) is 2.73. The van der Waals surface area contributed by atoms with E-state index in [1.807, 2.05) is 38.7 Å². The fraction of sp³-hybridized carbons (Fsp3) is 0.615. The number of amides is 1. The predicted octanol–water partition coefficient (Wildman–Crippen LogP) is 1.76. The molecule has 1 aromatic heterocycles. The van der Waals surface area contributed by atoms with E-state index in [4.69, 9.17) is 0 Å². The number of nitrogens with one attached hydrogen (secondary N) is 1. The van der Waals surface area contributed by atoms with E-state index >= 15 is 0 Å². The summed E-state index contributed by atoms with van der Waals surface area (Å²) in [6, 6.07) is 1.88. The van der Waals surface area contributed by atoms with E-state index < -0.39 is 0 Å². The summed E-state index contributed by atoms with van der Waals surface area (Å²) in [6.45, 7) is 9.91. The molecule has 1 N–H and O–H groups in total. The first-order chi connectivity index (χ1) is 8.56. The number of carbonyl (C=O) groups is 1. The van der Waals surface area contributed by atoms with E-state index in [-0.39, 0.29) is 5.91 Å². The second kappa shape index (κ2) is 6.93. The summed E-state index contributed by atoms with van der Waals surface area (Å²) < 4.78 is 0. The quantitative estimate of drug-likeness (QED) is 0.836. The van der Waals surface area contributed by atoms with Gasteiger partial charge in [0.1, 0.15) is 11.6 Å². The van der Waals surface area contributed by atoms with Crippen molar-refractivity contribution in [3.8, 4) is 0 Å². The zero-order valence-corrected chi connectivity index (χ0v) is 11.7. The van der Waals surface area contributed by atoms with Crippen molar-refractivity contribution in [1.29, 1.82) is 0 Å². The predicted molar refractivity (Wildman–Crippen MR) is 72.5 cm³/mol. The second-order valence-corrected chi connectivity index (χ2v) is 4.18. The molecule has 0 unspecified atom stereocenters. The lowest BCUT2D eigenvalue weighted by Gasteiger charge is -2.18. The highest BCUT2D eigenvalue weighted by molar-refractivity contribution is 5.76. The van der Waals surface area contributed by atoms with Crippen LogP contribution in [-0.4, -0.2) is 40.4 Å². The molecular formula is C13H22N4O. The van der Waals surface area contributed by atoms with Crippen LogP contribution in [0.5, 0.6) is 0 Å². The highest BCUT2D eigenvalue weighted by atomic mass is 16.2. The van der Waals surface area contributed by atoms with Crippen LogP contribution < -0.4 is 5.32 Å². The van der Waals surface area contributed by atoms with Crippen LogP contribution in [0.15, 0.2) is 6.07 Å². The van der Waals surface area contributed by atoms with Gasteiger partial charge >= 0.3 is 0 Å². The van der Waals surface area contributed by atoms with Gasteiger partial charge in [-0.15, -0.1) is 0 Å².